The molecule has 1 atom stereocenters. The summed E-state index contributed by atoms with van der Waals surface area (Å²) < 4.78 is 5.22. The molecule has 2 rings (SSSR count). The number of aromatic nitrogens is 2. The van der Waals surface area contributed by atoms with Gasteiger partial charge in [-0.15, -0.1) is 0 Å². The largest absolute Gasteiger partial charge is 0.393 e. The van der Waals surface area contributed by atoms with Gasteiger partial charge in [0.25, 0.3) is 0 Å². The predicted molar refractivity (Wildman–Crippen MR) is 59.3 cm³/mol. The van der Waals surface area contributed by atoms with Crippen LogP contribution < -0.4 is 11.1 Å². The lowest BCUT2D eigenvalue weighted by molar-refractivity contribution is 0.195. The highest BCUT2D eigenvalue weighted by Gasteiger charge is 2.18. The summed E-state index contributed by atoms with van der Waals surface area (Å²) in [4.78, 5) is 7.71. The molecule has 1 saturated heterocycles. The van der Waals surface area contributed by atoms with Crippen LogP contribution in [0, 0.1) is 0 Å². The van der Waals surface area contributed by atoms with Crippen molar-refractivity contribution >= 4 is 34.7 Å². The van der Waals surface area contributed by atoms with E-state index in [1.165, 1.54) is 0 Å². The number of halogens is 2. The maximum atomic E-state index is 5.77. The van der Waals surface area contributed by atoms with E-state index >= 15 is 0 Å². The SMILES string of the molecule is Nc1c(Cl)nc(Cl)nc1NC1CCOC1. The van der Waals surface area contributed by atoms with Crippen molar-refractivity contribution in [3.63, 3.8) is 0 Å². The van der Waals surface area contributed by atoms with Crippen LogP contribution in [-0.4, -0.2) is 29.2 Å². The summed E-state index contributed by atoms with van der Waals surface area (Å²) in [6, 6.07) is 0.203. The number of nitrogens with two attached hydrogens (primary N) is 1. The Kier molecular flexibility index (Phi) is 3.14. The van der Waals surface area contributed by atoms with Gasteiger partial charge in [-0.05, 0) is 18.0 Å². The van der Waals surface area contributed by atoms with Crippen LogP contribution in [0.4, 0.5) is 11.5 Å². The Morgan fingerprint density at radius 1 is 1.40 bits per heavy atom. The van der Waals surface area contributed by atoms with Gasteiger partial charge < -0.3 is 15.8 Å². The first-order valence-electron chi connectivity index (χ1n) is 4.49. The molecule has 0 aliphatic carbocycles. The zero-order valence-corrected chi connectivity index (χ0v) is 9.35. The van der Waals surface area contributed by atoms with Crippen LogP contribution in [0.3, 0.4) is 0 Å². The Balaban J connectivity index is 2.19. The molecular weight excluding hydrogens is 239 g/mol. The summed E-state index contributed by atoms with van der Waals surface area (Å²) in [7, 11) is 0. The van der Waals surface area contributed by atoms with Crippen LogP contribution in [0.2, 0.25) is 10.4 Å². The standard InChI is InChI=1S/C8H10Cl2N4O/c9-6-5(11)7(14-8(10)13-6)12-4-1-2-15-3-4/h4H,1-3,11H2,(H,12,13,14). The highest BCUT2D eigenvalue weighted by Crippen LogP contribution is 2.26. The van der Waals surface area contributed by atoms with Crippen molar-refractivity contribution in [1.29, 1.82) is 0 Å². The molecule has 1 aromatic rings. The summed E-state index contributed by atoms with van der Waals surface area (Å²) in [5.74, 6) is 0.468. The fraction of sp³-hybridized carbons (Fsp3) is 0.500. The molecule has 15 heavy (non-hydrogen) atoms. The van der Waals surface area contributed by atoms with Gasteiger partial charge in [-0.1, -0.05) is 11.6 Å². The summed E-state index contributed by atoms with van der Waals surface area (Å²) in [6.45, 7) is 1.38. The van der Waals surface area contributed by atoms with Crippen LogP contribution in [0.1, 0.15) is 6.42 Å². The monoisotopic (exact) mass is 248 g/mol. The molecule has 5 nitrogen and oxygen atoms in total. The second kappa shape index (κ2) is 4.38. The van der Waals surface area contributed by atoms with E-state index in [2.05, 4.69) is 15.3 Å². The number of nitrogens with zero attached hydrogens (tertiary/aromatic N) is 2. The molecule has 0 bridgehead atoms. The van der Waals surface area contributed by atoms with E-state index in [4.69, 9.17) is 33.7 Å². The number of ether oxygens (including phenoxy) is 1. The van der Waals surface area contributed by atoms with Gasteiger partial charge in [0.15, 0.2) is 11.0 Å². The third-order valence-electron chi connectivity index (χ3n) is 2.14. The first-order valence-corrected chi connectivity index (χ1v) is 5.25. The molecule has 1 aliphatic rings. The first-order chi connectivity index (χ1) is 7.16. The summed E-state index contributed by atoms with van der Waals surface area (Å²) in [5, 5.41) is 3.36. The predicted octanol–water partition coefficient (Wildman–Crippen LogP) is 1.57. The second-order valence-corrected chi connectivity index (χ2v) is 3.95. The van der Waals surface area contributed by atoms with Crippen molar-refractivity contribution in [2.24, 2.45) is 0 Å². The van der Waals surface area contributed by atoms with Crippen LogP contribution in [0.5, 0.6) is 0 Å². The van der Waals surface area contributed by atoms with Gasteiger partial charge in [-0.2, -0.15) is 4.98 Å². The van der Waals surface area contributed by atoms with E-state index in [1.54, 1.807) is 0 Å². The van der Waals surface area contributed by atoms with Gasteiger partial charge in [-0.25, -0.2) is 4.98 Å². The van der Waals surface area contributed by atoms with Gasteiger partial charge >= 0.3 is 0 Å². The zero-order chi connectivity index (χ0) is 10.8. The van der Waals surface area contributed by atoms with E-state index in [-0.39, 0.29) is 16.5 Å². The lowest BCUT2D eigenvalue weighted by Crippen LogP contribution is -2.21. The zero-order valence-electron chi connectivity index (χ0n) is 7.83. The Bertz CT molecular complexity index is 368. The van der Waals surface area contributed by atoms with Crippen LogP contribution in [-0.2, 0) is 4.74 Å². The van der Waals surface area contributed by atoms with Crippen LogP contribution in [0.25, 0.3) is 0 Å². The molecule has 0 aromatic carbocycles. The molecule has 2 heterocycles. The molecule has 0 radical (unpaired) electrons. The lowest BCUT2D eigenvalue weighted by atomic mass is 10.2. The maximum Gasteiger partial charge on any atom is 0.225 e. The number of nitrogen functional groups attached to an aromatic ring is 1. The quantitative estimate of drug-likeness (QED) is 0.614. The number of nitrogens with one attached hydrogen (secondary N) is 1. The smallest absolute Gasteiger partial charge is 0.225 e. The molecular formula is C8H10Cl2N4O. The Hall–Kier alpha value is -0.780. The molecule has 0 spiro atoms. The Morgan fingerprint density at radius 3 is 2.87 bits per heavy atom. The average Bonchev–Trinajstić information content (AvgIpc) is 2.66. The van der Waals surface area contributed by atoms with Crippen molar-refractivity contribution in [2.45, 2.75) is 12.5 Å². The van der Waals surface area contributed by atoms with E-state index in [0.29, 0.717) is 18.1 Å². The molecule has 0 amide bonds. The minimum Gasteiger partial charge on any atom is -0.393 e. The molecule has 1 unspecified atom stereocenters. The summed E-state index contributed by atoms with van der Waals surface area (Å²) >= 11 is 11.4. The molecule has 1 aromatic heterocycles. The number of anilines is 2. The topological polar surface area (TPSA) is 73.1 Å². The van der Waals surface area contributed by atoms with Crippen LogP contribution >= 0.6 is 23.2 Å². The molecule has 82 valence electrons. The van der Waals surface area contributed by atoms with E-state index in [0.717, 1.165) is 13.0 Å². The van der Waals surface area contributed by atoms with E-state index in [1.807, 2.05) is 0 Å². The van der Waals surface area contributed by atoms with E-state index in [9.17, 15) is 0 Å². The average molecular weight is 249 g/mol. The number of rotatable bonds is 2. The Morgan fingerprint density at radius 2 is 2.20 bits per heavy atom. The Labute approximate surface area is 96.9 Å². The third-order valence-corrected chi connectivity index (χ3v) is 2.60. The normalized spacial score (nSPS) is 20.5. The van der Waals surface area contributed by atoms with Crippen molar-refractivity contribution < 1.29 is 4.74 Å². The minimum atomic E-state index is 0.0793. The van der Waals surface area contributed by atoms with E-state index < -0.39 is 0 Å². The molecule has 0 saturated carbocycles. The molecule has 3 N–H and O–H groups in total. The minimum absolute atomic E-state index is 0.0793. The fourth-order valence-electron chi connectivity index (χ4n) is 1.37. The van der Waals surface area contributed by atoms with Gasteiger partial charge in [0, 0.05) is 6.61 Å². The van der Waals surface area contributed by atoms with Gasteiger partial charge in [0.05, 0.1) is 12.6 Å². The lowest BCUT2D eigenvalue weighted by Gasteiger charge is -2.13. The highest BCUT2D eigenvalue weighted by molar-refractivity contribution is 6.34. The molecule has 1 aliphatic heterocycles. The number of hydrogen-bond donors (Lipinski definition) is 2. The maximum absolute atomic E-state index is 5.77. The summed E-state index contributed by atoms with van der Waals surface area (Å²) in [5.41, 5.74) is 6.02. The number of hydrogen-bond acceptors (Lipinski definition) is 5. The van der Waals surface area contributed by atoms with Crippen molar-refractivity contribution in [3.05, 3.63) is 10.4 Å². The van der Waals surface area contributed by atoms with Gasteiger partial charge in [0.2, 0.25) is 5.28 Å². The fourth-order valence-corrected chi connectivity index (χ4v) is 1.75. The van der Waals surface area contributed by atoms with Crippen LogP contribution in [0.15, 0.2) is 0 Å². The van der Waals surface area contributed by atoms with Crippen molar-refractivity contribution in [1.82, 2.24) is 9.97 Å². The van der Waals surface area contributed by atoms with Crippen molar-refractivity contribution in [2.75, 3.05) is 24.3 Å². The molecule has 1 fully saturated rings. The van der Waals surface area contributed by atoms with Gasteiger partial charge in [0.1, 0.15) is 5.69 Å². The first kappa shape index (κ1) is 10.7. The summed E-state index contributed by atoms with van der Waals surface area (Å²) in [6.07, 6.45) is 0.915. The van der Waals surface area contributed by atoms with Crippen molar-refractivity contribution in [3.8, 4) is 0 Å². The third kappa shape index (κ3) is 2.42. The second-order valence-electron chi connectivity index (χ2n) is 3.25. The van der Waals surface area contributed by atoms with Gasteiger partial charge in [-0.3, -0.25) is 0 Å². The molecule has 7 heteroatoms. The highest BCUT2D eigenvalue weighted by atomic mass is 35.5.